The maximum absolute atomic E-state index is 11.9. The Hall–Kier alpha value is -0.650. The molecule has 18 heavy (non-hydrogen) atoms. The minimum Gasteiger partial charge on any atom is -0.207 e. The van der Waals surface area contributed by atoms with Gasteiger partial charge in [-0.05, 0) is 30.0 Å². The Bertz CT molecular complexity index is 508. The van der Waals surface area contributed by atoms with Crippen molar-refractivity contribution >= 4 is 26.0 Å². The lowest BCUT2D eigenvalue weighted by Crippen LogP contribution is -2.24. The van der Waals surface area contributed by atoms with Crippen LogP contribution in [0.25, 0.3) is 0 Å². The van der Waals surface area contributed by atoms with Crippen molar-refractivity contribution in [3.63, 3.8) is 0 Å². The van der Waals surface area contributed by atoms with Crippen molar-refractivity contribution in [2.45, 2.75) is 31.1 Å². The fraction of sp³-hybridized carbons (Fsp3) is 0.385. The molecule has 0 aromatic heterocycles. The van der Waals surface area contributed by atoms with Crippen molar-refractivity contribution in [3.05, 3.63) is 40.9 Å². The van der Waals surface area contributed by atoms with Crippen molar-refractivity contribution in [2.24, 2.45) is 0 Å². The molecule has 1 N–H and O–H groups in total. The van der Waals surface area contributed by atoms with Gasteiger partial charge in [-0.1, -0.05) is 48.5 Å². The van der Waals surface area contributed by atoms with Gasteiger partial charge in [-0.3, -0.25) is 0 Å². The van der Waals surface area contributed by atoms with Crippen LogP contribution >= 0.6 is 15.9 Å². The molecule has 0 amide bonds. The van der Waals surface area contributed by atoms with E-state index in [1.807, 2.05) is 12.1 Å². The fourth-order valence-electron chi connectivity index (χ4n) is 1.47. The third kappa shape index (κ3) is 4.23. The van der Waals surface area contributed by atoms with E-state index in [1.165, 1.54) is 0 Å². The molecule has 1 unspecified atom stereocenters. The quantitative estimate of drug-likeness (QED) is 0.868. The Kier molecular flexibility index (Phi) is 5.56. The molecule has 100 valence electrons. The highest BCUT2D eigenvalue weighted by molar-refractivity contribution is 9.11. The van der Waals surface area contributed by atoms with Crippen LogP contribution in [0.1, 0.15) is 31.7 Å². The lowest BCUT2D eigenvalue weighted by Gasteiger charge is -2.10. The first kappa shape index (κ1) is 15.4. The van der Waals surface area contributed by atoms with Crippen LogP contribution in [-0.2, 0) is 10.0 Å². The molecule has 0 aliphatic carbocycles. The first-order chi connectivity index (χ1) is 8.36. The Morgan fingerprint density at radius 1 is 1.39 bits per heavy atom. The van der Waals surface area contributed by atoms with E-state index >= 15 is 0 Å². The van der Waals surface area contributed by atoms with E-state index < -0.39 is 10.0 Å². The highest BCUT2D eigenvalue weighted by Crippen LogP contribution is 2.20. The maximum atomic E-state index is 11.9. The number of hydrogen-bond donors (Lipinski definition) is 1. The first-order valence-corrected chi connectivity index (χ1v) is 8.07. The van der Waals surface area contributed by atoms with Crippen LogP contribution in [0.3, 0.4) is 0 Å². The number of sulfonamides is 1. The summed E-state index contributed by atoms with van der Waals surface area (Å²) in [5.41, 5.74) is 1.15. The number of nitrogens with one attached hydrogen (secondary N) is 1. The number of halogens is 1. The van der Waals surface area contributed by atoms with E-state index in [4.69, 9.17) is 0 Å². The van der Waals surface area contributed by atoms with E-state index in [0.717, 1.165) is 12.0 Å². The molecular weight excluding hydrogens is 314 g/mol. The highest BCUT2D eigenvalue weighted by Gasteiger charge is 2.14. The molecule has 0 bridgehead atoms. The zero-order chi connectivity index (χ0) is 13.8. The summed E-state index contributed by atoms with van der Waals surface area (Å²) in [7, 11) is -3.45. The minimum atomic E-state index is -3.45. The van der Waals surface area contributed by atoms with Crippen molar-refractivity contribution in [3.8, 4) is 0 Å². The molecule has 0 radical (unpaired) electrons. The van der Waals surface area contributed by atoms with E-state index in [-0.39, 0.29) is 11.4 Å². The fourth-order valence-corrected chi connectivity index (χ4v) is 2.82. The van der Waals surface area contributed by atoms with Crippen LogP contribution in [0.4, 0.5) is 0 Å². The van der Waals surface area contributed by atoms with Gasteiger partial charge in [-0.25, -0.2) is 13.1 Å². The summed E-state index contributed by atoms with van der Waals surface area (Å²) < 4.78 is 26.9. The van der Waals surface area contributed by atoms with Gasteiger partial charge in [0.25, 0.3) is 0 Å². The van der Waals surface area contributed by atoms with Gasteiger partial charge in [0.1, 0.15) is 0 Å². The molecule has 1 rings (SSSR count). The average Bonchev–Trinajstić information content (AvgIpc) is 2.36. The molecule has 0 saturated carbocycles. The normalized spacial score (nSPS) is 13.3. The summed E-state index contributed by atoms with van der Waals surface area (Å²) in [6, 6.07) is 7.01. The summed E-state index contributed by atoms with van der Waals surface area (Å²) in [5.74, 6) is 0.442. The lowest BCUT2D eigenvalue weighted by molar-refractivity contribution is 0.585. The van der Waals surface area contributed by atoms with E-state index in [0.29, 0.717) is 10.4 Å². The van der Waals surface area contributed by atoms with Crippen LogP contribution in [-0.4, -0.2) is 15.0 Å². The SMILES string of the molecule is C=C(Br)CNS(=O)(=O)c1ccc(C(C)CC)cc1. The van der Waals surface area contributed by atoms with E-state index in [1.54, 1.807) is 12.1 Å². The number of rotatable bonds is 6. The molecule has 1 aromatic rings. The Morgan fingerprint density at radius 3 is 2.39 bits per heavy atom. The van der Waals surface area contributed by atoms with Crippen LogP contribution in [0, 0.1) is 0 Å². The number of benzene rings is 1. The maximum Gasteiger partial charge on any atom is 0.240 e. The first-order valence-electron chi connectivity index (χ1n) is 5.79. The summed E-state index contributed by atoms with van der Waals surface area (Å²) in [5, 5.41) is 0. The van der Waals surface area contributed by atoms with Gasteiger partial charge in [0.05, 0.1) is 4.90 Å². The van der Waals surface area contributed by atoms with Gasteiger partial charge in [0.15, 0.2) is 0 Å². The van der Waals surface area contributed by atoms with Gasteiger partial charge in [0.2, 0.25) is 10.0 Å². The molecule has 3 nitrogen and oxygen atoms in total. The summed E-state index contributed by atoms with van der Waals surface area (Å²) >= 11 is 3.12. The Balaban J connectivity index is 2.87. The Morgan fingerprint density at radius 2 is 1.94 bits per heavy atom. The molecule has 1 aromatic carbocycles. The van der Waals surface area contributed by atoms with Crippen LogP contribution < -0.4 is 4.72 Å². The predicted octanol–water partition coefficient (Wildman–Crippen LogP) is 3.39. The average molecular weight is 332 g/mol. The second-order valence-electron chi connectivity index (χ2n) is 4.22. The van der Waals surface area contributed by atoms with E-state index in [9.17, 15) is 8.42 Å². The van der Waals surface area contributed by atoms with Crippen molar-refractivity contribution in [2.75, 3.05) is 6.54 Å². The predicted molar refractivity (Wildman–Crippen MR) is 78.4 cm³/mol. The highest BCUT2D eigenvalue weighted by atomic mass is 79.9. The molecule has 0 heterocycles. The molecule has 1 atom stereocenters. The molecule has 0 spiro atoms. The van der Waals surface area contributed by atoms with Crippen molar-refractivity contribution < 1.29 is 8.42 Å². The van der Waals surface area contributed by atoms with Gasteiger partial charge in [-0.2, -0.15) is 0 Å². The van der Waals surface area contributed by atoms with Gasteiger partial charge in [0, 0.05) is 11.0 Å². The second-order valence-corrected chi connectivity index (χ2v) is 7.11. The zero-order valence-corrected chi connectivity index (χ0v) is 13.0. The third-order valence-corrected chi connectivity index (χ3v) is 4.52. The van der Waals surface area contributed by atoms with E-state index in [2.05, 4.69) is 41.1 Å². The second kappa shape index (κ2) is 6.50. The van der Waals surface area contributed by atoms with Gasteiger partial charge < -0.3 is 0 Å². The molecule has 0 aliphatic heterocycles. The molecule has 5 heteroatoms. The summed E-state index contributed by atoms with van der Waals surface area (Å²) in [6.45, 7) is 8.01. The van der Waals surface area contributed by atoms with Crippen molar-refractivity contribution in [1.82, 2.24) is 4.72 Å². The van der Waals surface area contributed by atoms with Gasteiger partial charge >= 0.3 is 0 Å². The molecule has 0 saturated heterocycles. The lowest BCUT2D eigenvalue weighted by atomic mass is 9.99. The van der Waals surface area contributed by atoms with Crippen molar-refractivity contribution in [1.29, 1.82) is 0 Å². The summed E-state index contributed by atoms with van der Waals surface area (Å²) in [6.07, 6.45) is 1.04. The minimum absolute atomic E-state index is 0.190. The largest absolute Gasteiger partial charge is 0.240 e. The molecular formula is C13H18BrNO2S. The molecule has 0 aliphatic rings. The standard InChI is InChI=1S/C13H18BrNO2S/c1-4-10(2)12-5-7-13(8-6-12)18(16,17)15-9-11(3)14/h5-8,10,15H,3-4,9H2,1-2H3. The van der Waals surface area contributed by atoms with Crippen LogP contribution in [0.15, 0.2) is 40.2 Å². The van der Waals surface area contributed by atoms with Crippen LogP contribution in [0.5, 0.6) is 0 Å². The summed E-state index contributed by atoms with van der Waals surface area (Å²) in [4.78, 5) is 0.281. The van der Waals surface area contributed by atoms with Gasteiger partial charge in [-0.15, -0.1) is 0 Å². The Labute approximate surface area is 117 Å². The monoisotopic (exact) mass is 331 g/mol. The molecule has 0 fully saturated rings. The topological polar surface area (TPSA) is 46.2 Å². The number of hydrogen-bond acceptors (Lipinski definition) is 2. The van der Waals surface area contributed by atoms with Crippen LogP contribution in [0.2, 0.25) is 0 Å². The smallest absolute Gasteiger partial charge is 0.207 e. The third-order valence-electron chi connectivity index (χ3n) is 2.83. The zero-order valence-electron chi connectivity index (χ0n) is 10.6.